The molecule has 0 bridgehead atoms. The van der Waals surface area contributed by atoms with Gasteiger partial charge in [-0.3, -0.25) is 4.79 Å². The third-order valence-corrected chi connectivity index (χ3v) is 4.05. The highest BCUT2D eigenvalue weighted by Crippen LogP contribution is 2.25. The SMILES string of the molecule is Cc1ccc(NC(=O)COc2ccc(-c3csc(N)n3)cc2)cc1. The maximum Gasteiger partial charge on any atom is 0.262 e. The number of carbonyl (C=O) groups excluding carboxylic acids is 1. The van der Waals surface area contributed by atoms with Crippen molar-refractivity contribution in [3.8, 4) is 17.0 Å². The number of ether oxygens (including phenoxy) is 1. The van der Waals surface area contributed by atoms with Crippen molar-refractivity contribution < 1.29 is 9.53 Å². The molecule has 1 heterocycles. The molecule has 0 saturated carbocycles. The number of nitrogens with two attached hydrogens (primary N) is 1. The van der Waals surface area contributed by atoms with Crippen molar-refractivity contribution in [2.24, 2.45) is 0 Å². The van der Waals surface area contributed by atoms with Gasteiger partial charge >= 0.3 is 0 Å². The van der Waals surface area contributed by atoms with Crippen LogP contribution in [0.25, 0.3) is 11.3 Å². The summed E-state index contributed by atoms with van der Waals surface area (Å²) in [6.45, 7) is 1.95. The van der Waals surface area contributed by atoms with Crippen LogP contribution in [0.2, 0.25) is 0 Å². The van der Waals surface area contributed by atoms with Crippen molar-refractivity contribution in [3.05, 3.63) is 59.5 Å². The van der Waals surface area contributed by atoms with E-state index in [1.807, 2.05) is 60.8 Å². The number of hydrogen-bond acceptors (Lipinski definition) is 5. The Kier molecular flexibility index (Phi) is 4.77. The van der Waals surface area contributed by atoms with Gasteiger partial charge in [0.1, 0.15) is 5.75 Å². The van der Waals surface area contributed by atoms with Crippen molar-refractivity contribution in [2.45, 2.75) is 6.92 Å². The fraction of sp³-hybridized carbons (Fsp3) is 0.111. The Morgan fingerprint density at radius 2 is 1.88 bits per heavy atom. The zero-order valence-electron chi connectivity index (χ0n) is 13.2. The van der Waals surface area contributed by atoms with E-state index in [1.54, 1.807) is 0 Å². The summed E-state index contributed by atoms with van der Waals surface area (Å²) in [6, 6.07) is 15.0. The summed E-state index contributed by atoms with van der Waals surface area (Å²) in [6.07, 6.45) is 0. The number of carbonyl (C=O) groups is 1. The molecule has 0 aliphatic carbocycles. The topological polar surface area (TPSA) is 77.2 Å². The van der Waals surface area contributed by atoms with Crippen LogP contribution in [0, 0.1) is 6.92 Å². The second-order valence-electron chi connectivity index (χ2n) is 5.30. The van der Waals surface area contributed by atoms with Gasteiger partial charge in [0.15, 0.2) is 11.7 Å². The molecule has 0 aliphatic rings. The fourth-order valence-corrected chi connectivity index (χ4v) is 2.70. The molecule has 1 amide bonds. The largest absolute Gasteiger partial charge is 0.484 e. The lowest BCUT2D eigenvalue weighted by molar-refractivity contribution is -0.118. The van der Waals surface area contributed by atoms with E-state index in [-0.39, 0.29) is 12.5 Å². The van der Waals surface area contributed by atoms with E-state index in [0.717, 1.165) is 22.5 Å². The third-order valence-electron chi connectivity index (χ3n) is 3.38. The number of aryl methyl sites for hydroxylation is 1. The number of rotatable bonds is 5. The van der Waals surface area contributed by atoms with Crippen LogP contribution in [0.15, 0.2) is 53.9 Å². The summed E-state index contributed by atoms with van der Waals surface area (Å²) >= 11 is 1.40. The van der Waals surface area contributed by atoms with Gasteiger partial charge in [-0.15, -0.1) is 11.3 Å². The highest BCUT2D eigenvalue weighted by atomic mass is 32.1. The first kappa shape index (κ1) is 16.0. The number of nitrogens with zero attached hydrogens (tertiary/aromatic N) is 1. The number of amides is 1. The van der Waals surface area contributed by atoms with Crippen LogP contribution in [0.3, 0.4) is 0 Å². The Morgan fingerprint density at radius 3 is 2.50 bits per heavy atom. The van der Waals surface area contributed by atoms with Crippen LogP contribution in [-0.4, -0.2) is 17.5 Å². The normalized spacial score (nSPS) is 10.4. The first-order chi connectivity index (χ1) is 11.6. The number of aromatic nitrogens is 1. The molecule has 0 fully saturated rings. The molecule has 0 radical (unpaired) electrons. The van der Waals surface area contributed by atoms with Crippen molar-refractivity contribution in [2.75, 3.05) is 17.7 Å². The molecule has 24 heavy (non-hydrogen) atoms. The van der Waals surface area contributed by atoms with Gasteiger partial charge in [-0.2, -0.15) is 0 Å². The van der Waals surface area contributed by atoms with E-state index in [4.69, 9.17) is 10.5 Å². The lowest BCUT2D eigenvalue weighted by Crippen LogP contribution is -2.20. The predicted molar refractivity (Wildman–Crippen MR) is 97.3 cm³/mol. The molecular formula is C18H17N3O2S. The Bertz CT molecular complexity index is 826. The van der Waals surface area contributed by atoms with Gasteiger partial charge in [0.05, 0.1) is 5.69 Å². The van der Waals surface area contributed by atoms with Gasteiger partial charge < -0.3 is 15.8 Å². The van der Waals surface area contributed by atoms with Gasteiger partial charge in [0.2, 0.25) is 0 Å². The summed E-state index contributed by atoms with van der Waals surface area (Å²) in [7, 11) is 0. The number of nitrogen functional groups attached to an aromatic ring is 1. The molecule has 0 aliphatic heterocycles. The van der Waals surface area contributed by atoms with Gasteiger partial charge in [-0.05, 0) is 43.3 Å². The number of anilines is 2. The Balaban J connectivity index is 1.54. The number of hydrogen-bond donors (Lipinski definition) is 2. The number of thiazole rings is 1. The highest BCUT2D eigenvalue weighted by Gasteiger charge is 2.05. The average molecular weight is 339 g/mol. The summed E-state index contributed by atoms with van der Waals surface area (Å²) in [4.78, 5) is 16.1. The zero-order valence-corrected chi connectivity index (χ0v) is 14.0. The van der Waals surface area contributed by atoms with Crippen LogP contribution in [0.1, 0.15) is 5.56 Å². The summed E-state index contributed by atoms with van der Waals surface area (Å²) in [5.74, 6) is 0.427. The lowest BCUT2D eigenvalue weighted by atomic mass is 10.2. The Labute approximate surface area is 144 Å². The van der Waals surface area contributed by atoms with Gasteiger partial charge in [0, 0.05) is 16.6 Å². The van der Waals surface area contributed by atoms with Crippen molar-refractivity contribution >= 4 is 28.1 Å². The first-order valence-corrected chi connectivity index (χ1v) is 8.29. The molecule has 5 nitrogen and oxygen atoms in total. The monoisotopic (exact) mass is 339 g/mol. The summed E-state index contributed by atoms with van der Waals surface area (Å²) < 4.78 is 5.51. The van der Waals surface area contributed by atoms with Crippen LogP contribution < -0.4 is 15.8 Å². The minimum Gasteiger partial charge on any atom is -0.484 e. The minimum absolute atomic E-state index is 0.0448. The molecule has 3 aromatic rings. The summed E-state index contributed by atoms with van der Waals surface area (Å²) in [5.41, 5.74) is 9.33. The Hall–Kier alpha value is -2.86. The first-order valence-electron chi connectivity index (χ1n) is 7.41. The van der Waals surface area contributed by atoms with Crippen LogP contribution in [-0.2, 0) is 4.79 Å². The number of benzene rings is 2. The molecule has 0 spiro atoms. The molecular weight excluding hydrogens is 322 g/mol. The molecule has 122 valence electrons. The standard InChI is InChI=1S/C18H17N3O2S/c1-12-2-6-14(7-3-12)20-17(22)10-23-15-8-4-13(5-9-15)16-11-24-18(19)21-16/h2-9,11H,10H2,1H3,(H2,19,21)(H,20,22). The molecule has 2 aromatic carbocycles. The lowest BCUT2D eigenvalue weighted by Gasteiger charge is -2.08. The van der Waals surface area contributed by atoms with E-state index in [1.165, 1.54) is 11.3 Å². The van der Waals surface area contributed by atoms with E-state index >= 15 is 0 Å². The van der Waals surface area contributed by atoms with Gasteiger partial charge in [-0.1, -0.05) is 17.7 Å². The van der Waals surface area contributed by atoms with E-state index in [9.17, 15) is 4.79 Å². The molecule has 3 rings (SSSR count). The zero-order chi connectivity index (χ0) is 16.9. The molecule has 3 N–H and O–H groups in total. The van der Waals surface area contributed by atoms with E-state index < -0.39 is 0 Å². The third kappa shape index (κ3) is 4.11. The smallest absolute Gasteiger partial charge is 0.262 e. The predicted octanol–water partition coefficient (Wildman–Crippen LogP) is 3.72. The van der Waals surface area contributed by atoms with Crippen LogP contribution in [0.4, 0.5) is 10.8 Å². The van der Waals surface area contributed by atoms with Crippen LogP contribution >= 0.6 is 11.3 Å². The highest BCUT2D eigenvalue weighted by molar-refractivity contribution is 7.13. The average Bonchev–Trinajstić information content (AvgIpc) is 3.02. The van der Waals surface area contributed by atoms with Gasteiger partial charge in [0.25, 0.3) is 5.91 Å². The molecule has 6 heteroatoms. The molecule has 0 saturated heterocycles. The second kappa shape index (κ2) is 7.14. The van der Waals surface area contributed by atoms with Crippen molar-refractivity contribution in [1.82, 2.24) is 4.98 Å². The van der Waals surface area contributed by atoms with Gasteiger partial charge in [-0.25, -0.2) is 4.98 Å². The maximum absolute atomic E-state index is 11.9. The quantitative estimate of drug-likeness (QED) is 0.743. The van der Waals surface area contributed by atoms with E-state index in [2.05, 4.69) is 10.3 Å². The van der Waals surface area contributed by atoms with Crippen molar-refractivity contribution in [3.63, 3.8) is 0 Å². The number of nitrogens with one attached hydrogen (secondary N) is 1. The fourth-order valence-electron chi connectivity index (χ4n) is 2.12. The molecule has 0 unspecified atom stereocenters. The molecule has 1 aromatic heterocycles. The minimum atomic E-state index is -0.199. The van der Waals surface area contributed by atoms with Crippen LogP contribution in [0.5, 0.6) is 5.75 Å². The second-order valence-corrected chi connectivity index (χ2v) is 6.19. The summed E-state index contributed by atoms with van der Waals surface area (Å²) in [5, 5.41) is 5.24. The maximum atomic E-state index is 11.9. The van der Waals surface area contributed by atoms with E-state index in [0.29, 0.717) is 10.9 Å². The molecule has 0 atom stereocenters. The van der Waals surface area contributed by atoms with Crippen molar-refractivity contribution in [1.29, 1.82) is 0 Å². The Morgan fingerprint density at radius 1 is 1.17 bits per heavy atom.